The summed E-state index contributed by atoms with van der Waals surface area (Å²) in [7, 11) is 1.72. The molecule has 11 heteroatoms. The number of pyridine rings is 1. The van der Waals surface area contributed by atoms with Crippen LogP contribution in [-0.2, 0) is 30.2 Å². The Morgan fingerprint density at radius 3 is 2.48 bits per heavy atom. The zero-order chi connectivity index (χ0) is 29.3. The first-order valence-electron chi connectivity index (χ1n) is 13.0. The van der Waals surface area contributed by atoms with Crippen molar-refractivity contribution in [1.29, 1.82) is 0 Å². The summed E-state index contributed by atoms with van der Waals surface area (Å²) in [4.78, 5) is 34.8. The fourth-order valence-corrected chi connectivity index (χ4v) is 5.07. The number of piperidine rings is 1. The van der Waals surface area contributed by atoms with Crippen LogP contribution in [0.4, 0.5) is 0 Å². The second-order valence-corrected chi connectivity index (χ2v) is 12.1. The molecule has 0 atom stereocenters. The van der Waals surface area contributed by atoms with Gasteiger partial charge in [-0.2, -0.15) is 5.10 Å². The molecule has 1 saturated heterocycles. The van der Waals surface area contributed by atoms with Gasteiger partial charge in [0.15, 0.2) is 0 Å². The van der Waals surface area contributed by atoms with E-state index in [1.807, 2.05) is 12.1 Å². The minimum absolute atomic E-state index is 0.0385. The number of fused-ring (bicyclic) bond motifs is 1. The largest absolute Gasteiger partial charge is 0.478 e. The van der Waals surface area contributed by atoms with E-state index in [9.17, 15) is 19.5 Å². The van der Waals surface area contributed by atoms with Crippen LogP contribution in [0.25, 0.3) is 16.6 Å². The number of nitrogens with zero attached hydrogens (tertiary/aromatic N) is 3. The van der Waals surface area contributed by atoms with E-state index in [4.69, 9.17) is 9.47 Å². The lowest BCUT2D eigenvalue weighted by Crippen LogP contribution is -2.32. The summed E-state index contributed by atoms with van der Waals surface area (Å²) in [6, 6.07) is 8.90. The molecular formula is C29H37N3O7S. The number of rotatable bonds is 10. The molecule has 4 rings (SSSR count). The van der Waals surface area contributed by atoms with Gasteiger partial charge in [-0.1, -0.05) is 33.8 Å². The van der Waals surface area contributed by atoms with Crippen molar-refractivity contribution in [3.05, 3.63) is 53.9 Å². The van der Waals surface area contributed by atoms with Crippen molar-refractivity contribution in [2.45, 2.75) is 58.0 Å². The second kappa shape index (κ2) is 14.3. The highest BCUT2D eigenvalue weighted by atomic mass is 32.2. The molecule has 0 saturated carbocycles. The van der Waals surface area contributed by atoms with E-state index in [1.54, 1.807) is 42.2 Å². The van der Waals surface area contributed by atoms with Gasteiger partial charge in [-0.05, 0) is 65.6 Å². The molecule has 216 valence electrons. The van der Waals surface area contributed by atoms with Crippen molar-refractivity contribution >= 4 is 35.9 Å². The normalized spacial score (nSPS) is 14.3. The van der Waals surface area contributed by atoms with Crippen molar-refractivity contribution in [2.75, 3.05) is 27.0 Å². The summed E-state index contributed by atoms with van der Waals surface area (Å²) in [5.41, 5.74) is 3.83. The van der Waals surface area contributed by atoms with Gasteiger partial charge in [0.1, 0.15) is 0 Å². The first-order chi connectivity index (χ1) is 19.0. The Morgan fingerprint density at radius 1 is 1.15 bits per heavy atom. The molecule has 2 aromatic heterocycles. The fraction of sp³-hybridized carbons (Fsp3) is 0.448. The van der Waals surface area contributed by atoms with Gasteiger partial charge in [0, 0.05) is 36.9 Å². The Bertz CT molecular complexity index is 1300. The Hall–Kier alpha value is -3.41. The molecule has 10 nitrogen and oxygen atoms in total. The number of methoxy groups -OCH3 is 1. The highest BCUT2D eigenvalue weighted by Gasteiger charge is 2.22. The van der Waals surface area contributed by atoms with E-state index >= 15 is 0 Å². The average Bonchev–Trinajstić information content (AvgIpc) is 3.30. The Morgan fingerprint density at radius 2 is 1.85 bits per heavy atom. The average molecular weight is 572 g/mol. The lowest BCUT2D eigenvalue weighted by atomic mass is 10.0. The Balaban J connectivity index is 0.000000810. The van der Waals surface area contributed by atoms with Crippen LogP contribution in [0.15, 0.2) is 47.6 Å². The van der Waals surface area contributed by atoms with Gasteiger partial charge in [-0.15, -0.1) is 0 Å². The number of carboxylic acids is 1. The van der Waals surface area contributed by atoms with Crippen LogP contribution in [0.3, 0.4) is 0 Å². The number of carbonyl (C=O) groups excluding carboxylic acids is 2. The lowest BCUT2D eigenvalue weighted by molar-refractivity contribution is -0.159. The standard InChI is InChI=1S/C24H25N3O7S.C5H12/c1-32-19-5-7-26(8-6-19)35-22-11-17(24(30)31)2-3-20(22)16-4-9-27-21(10-16)18(13-25-27)12-23(29)34-15-33-14-28;1-5(2,3)4/h2-4,9-11,13-14,19H,5-8,12,15H2,1H3,(H,30,31);1-4H3. The number of carbonyl (C=O) groups is 3. The fourth-order valence-electron chi connectivity index (χ4n) is 3.94. The topological polar surface area (TPSA) is 120 Å². The summed E-state index contributed by atoms with van der Waals surface area (Å²) < 4.78 is 18.6. The minimum Gasteiger partial charge on any atom is -0.478 e. The van der Waals surface area contributed by atoms with Gasteiger partial charge < -0.3 is 19.3 Å². The monoisotopic (exact) mass is 571 g/mol. The molecule has 0 radical (unpaired) electrons. The van der Waals surface area contributed by atoms with Crippen molar-refractivity contribution < 1.29 is 33.7 Å². The van der Waals surface area contributed by atoms with Crippen LogP contribution >= 0.6 is 11.9 Å². The maximum atomic E-state index is 12.1. The van der Waals surface area contributed by atoms with E-state index < -0.39 is 18.7 Å². The van der Waals surface area contributed by atoms with Gasteiger partial charge >= 0.3 is 11.9 Å². The molecule has 40 heavy (non-hydrogen) atoms. The number of aromatic nitrogens is 2. The highest BCUT2D eigenvalue weighted by molar-refractivity contribution is 7.97. The number of ether oxygens (including phenoxy) is 3. The summed E-state index contributed by atoms with van der Waals surface area (Å²) in [6.45, 7) is 10.2. The van der Waals surface area contributed by atoms with Crippen molar-refractivity contribution in [3.63, 3.8) is 0 Å². The quantitative estimate of drug-likeness (QED) is 0.116. The van der Waals surface area contributed by atoms with Crippen LogP contribution < -0.4 is 0 Å². The molecule has 0 bridgehead atoms. The van der Waals surface area contributed by atoms with Crippen molar-refractivity contribution in [1.82, 2.24) is 13.9 Å². The SMILES string of the molecule is CC(C)(C)C.COC1CCN(Sc2cc(C(=O)O)ccc2-c2ccn3ncc(CC(=O)OCOC=O)c3c2)CC1. The molecule has 0 amide bonds. The third kappa shape index (κ3) is 9.35. The first-order valence-corrected chi connectivity index (χ1v) is 13.8. The summed E-state index contributed by atoms with van der Waals surface area (Å²) in [5.74, 6) is -1.53. The van der Waals surface area contributed by atoms with Crippen LogP contribution in [0.2, 0.25) is 0 Å². The molecule has 1 N–H and O–H groups in total. The summed E-state index contributed by atoms with van der Waals surface area (Å²) in [6.07, 6.45) is 5.41. The highest BCUT2D eigenvalue weighted by Crippen LogP contribution is 2.36. The van der Waals surface area contributed by atoms with Crippen LogP contribution in [0, 0.1) is 5.41 Å². The van der Waals surface area contributed by atoms with E-state index in [1.165, 1.54) is 11.9 Å². The predicted octanol–water partition coefficient (Wildman–Crippen LogP) is 5.09. The Kier molecular flexibility index (Phi) is 11.1. The molecule has 1 fully saturated rings. The summed E-state index contributed by atoms with van der Waals surface area (Å²) in [5, 5.41) is 13.8. The van der Waals surface area contributed by atoms with Crippen molar-refractivity contribution in [2.24, 2.45) is 5.41 Å². The van der Waals surface area contributed by atoms with Crippen LogP contribution in [0.5, 0.6) is 0 Å². The predicted molar refractivity (Wildman–Crippen MR) is 152 cm³/mol. The number of hydrogen-bond acceptors (Lipinski definition) is 9. The number of esters is 1. The zero-order valence-electron chi connectivity index (χ0n) is 23.6. The molecule has 0 unspecified atom stereocenters. The summed E-state index contributed by atoms with van der Waals surface area (Å²) >= 11 is 1.54. The second-order valence-electron chi connectivity index (χ2n) is 11.0. The van der Waals surface area contributed by atoms with Crippen molar-refractivity contribution in [3.8, 4) is 11.1 Å². The molecule has 0 spiro atoms. The van der Waals surface area contributed by atoms with E-state index in [0.29, 0.717) is 11.0 Å². The number of carboxylic acid groups (broad SMARTS) is 1. The Labute approximate surface area is 238 Å². The maximum absolute atomic E-state index is 12.1. The van der Waals surface area contributed by atoms with Crippen LogP contribution in [-0.4, -0.2) is 70.5 Å². The molecule has 1 aliphatic heterocycles. The van der Waals surface area contributed by atoms with Gasteiger partial charge in [0.25, 0.3) is 6.47 Å². The molecule has 3 aromatic rings. The lowest BCUT2D eigenvalue weighted by Gasteiger charge is -2.30. The van der Waals surface area contributed by atoms with Crippen LogP contribution in [0.1, 0.15) is 56.5 Å². The maximum Gasteiger partial charge on any atom is 0.335 e. The molecule has 0 aliphatic carbocycles. The number of aromatic carboxylic acids is 1. The third-order valence-electron chi connectivity index (χ3n) is 5.79. The van der Waals surface area contributed by atoms with E-state index in [-0.39, 0.29) is 24.6 Å². The van der Waals surface area contributed by atoms with Gasteiger partial charge in [-0.25, -0.2) is 13.6 Å². The van der Waals surface area contributed by atoms with Gasteiger partial charge in [-0.3, -0.25) is 9.59 Å². The van der Waals surface area contributed by atoms with Gasteiger partial charge in [0.05, 0.1) is 29.8 Å². The number of benzene rings is 1. The van der Waals surface area contributed by atoms with E-state index in [2.05, 4.69) is 41.8 Å². The van der Waals surface area contributed by atoms with Gasteiger partial charge in [0.2, 0.25) is 6.79 Å². The molecule has 1 aliphatic rings. The third-order valence-corrected chi connectivity index (χ3v) is 6.95. The first kappa shape index (κ1) is 31.1. The van der Waals surface area contributed by atoms with E-state index in [0.717, 1.165) is 47.5 Å². The zero-order valence-corrected chi connectivity index (χ0v) is 24.4. The minimum atomic E-state index is -0.984. The number of hydrogen-bond donors (Lipinski definition) is 1. The smallest absolute Gasteiger partial charge is 0.335 e. The molecular weight excluding hydrogens is 534 g/mol. The molecule has 3 heterocycles. The molecule has 1 aromatic carbocycles.